The van der Waals surface area contributed by atoms with Gasteiger partial charge in [0, 0.05) is 25.0 Å². The molecule has 1 amide bonds. The number of amides is 1. The normalized spacial score (nSPS) is 11.4. The summed E-state index contributed by atoms with van der Waals surface area (Å²) in [7, 11) is -3.38. The van der Waals surface area contributed by atoms with Crippen LogP contribution in [0.5, 0.6) is 0 Å². The minimum absolute atomic E-state index is 0.312. The van der Waals surface area contributed by atoms with E-state index in [2.05, 4.69) is 4.98 Å². The Morgan fingerprint density at radius 2 is 1.93 bits per heavy atom. The molecule has 3 rings (SSSR count). The molecule has 1 N–H and O–H groups in total. The van der Waals surface area contributed by atoms with Crippen LogP contribution in [-0.4, -0.2) is 40.5 Å². The van der Waals surface area contributed by atoms with Crippen molar-refractivity contribution in [2.24, 2.45) is 0 Å². The van der Waals surface area contributed by atoms with Gasteiger partial charge in [-0.2, -0.15) is 4.39 Å². The molecule has 0 aliphatic heterocycles. The Bertz CT molecular complexity index is 1190. The predicted octanol–water partition coefficient (Wildman–Crippen LogP) is 3.31. The molecule has 2 aromatic heterocycles. The van der Waals surface area contributed by atoms with Crippen LogP contribution in [-0.2, 0) is 16.6 Å². The molecule has 0 saturated heterocycles. The average molecular weight is 425 g/mol. The minimum atomic E-state index is -4.54. The Morgan fingerprint density at radius 1 is 1.21 bits per heavy atom. The first-order chi connectivity index (χ1) is 13.6. The van der Waals surface area contributed by atoms with Crippen molar-refractivity contribution >= 4 is 16.1 Å². The van der Waals surface area contributed by atoms with Gasteiger partial charge in [-0.3, -0.25) is 0 Å². The monoisotopic (exact) mass is 425 g/mol. The molecule has 0 aliphatic rings. The van der Waals surface area contributed by atoms with Crippen LogP contribution in [0.25, 0.3) is 11.3 Å². The quantitative estimate of drug-likeness (QED) is 0.633. The van der Waals surface area contributed by atoms with Gasteiger partial charge in [-0.05, 0) is 30.3 Å². The van der Waals surface area contributed by atoms with Crippen LogP contribution >= 0.6 is 0 Å². The van der Waals surface area contributed by atoms with Crippen LogP contribution < -0.4 is 0 Å². The number of rotatable bonds is 5. The van der Waals surface area contributed by atoms with E-state index in [-0.39, 0.29) is 5.56 Å². The van der Waals surface area contributed by atoms with Crippen molar-refractivity contribution in [2.75, 3.05) is 7.05 Å². The van der Waals surface area contributed by atoms with Crippen molar-refractivity contribution in [1.82, 2.24) is 13.9 Å². The molecular weight excluding hydrogens is 411 g/mol. The molecule has 7 nitrogen and oxygen atoms in total. The lowest BCUT2D eigenvalue weighted by Gasteiger charge is -2.11. The third-order valence-electron chi connectivity index (χ3n) is 4.08. The number of aromatic nitrogens is 2. The van der Waals surface area contributed by atoms with Gasteiger partial charge >= 0.3 is 6.09 Å². The van der Waals surface area contributed by atoms with Crippen LogP contribution in [0.2, 0.25) is 0 Å². The molecule has 29 heavy (non-hydrogen) atoms. The fourth-order valence-corrected chi connectivity index (χ4v) is 4.10. The Balaban J connectivity index is 2.28. The molecule has 0 aliphatic carbocycles. The van der Waals surface area contributed by atoms with Crippen LogP contribution in [0.1, 0.15) is 5.56 Å². The van der Waals surface area contributed by atoms with Gasteiger partial charge in [-0.1, -0.05) is 6.07 Å². The second-order valence-electron chi connectivity index (χ2n) is 6.06. The first kappa shape index (κ1) is 20.4. The van der Waals surface area contributed by atoms with Crippen LogP contribution in [0, 0.1) is 17.6 Å². The molecule has 0 radical (unpaired) electrons. The highest BCUT2D eigenvalue weighted by molar-refractivity contribution is 7.90. The molecule has 11 heteroatoms. The zero-order valence-electron chi connectivity index (χ0n) is 14.9. The number of benzene rings is 1. The highest BCUT2D eigenvalue weighted by atomic mass is 32.2. The number of carboxylic acid groups (broad SMARTS) is 1. The average Bonchev–Trinajstić information content (AvgIpc) is 2.99. The number of pyridine rings is 1. The van der Waals surface area contributed by atoms with E-state index >= 15 is 4.39 Å². The van der Waals surface area contributed by atoms with E-state index in [4.69, 9.17) is 5.11 Å². The van der Waals surface area contributed by atoms with Crippen molar-refractivity contribution < 1.29 is 31.5 Å². The SMILES string of the molecule is CN(Cc1cn(S(=O)(=O)c2cccc(F)c2)c(-c2cccnc2F)c1F)C(=O)O. The fraction of sp³-hybridized carbons (Fsp3) is 0.111. The molecule has 3 aromatic rings. The first-order valence-corrected chi connectivity index (χ1v) is 9.52. The van der Waals surface area contributed by atoms with Crippen molar-refractivity contribution in [2.45, 2.75) is 11.4 Å². The topological polar surface area (TPSA) is 92.5 Å². The zero-order valence-corrected chi connectivity index (χ0v) is 15.7. The minimum Gasteiger partial charge on any atom is -0.465 e. The third kappa shape index (κ3) is 3.81. The maximum absolute atomic E-state index is 15.1. The lowest BCUT2D eigenvalue weighted by Crippen LogP contribution is -2.24. The molecule has 2 heterocycles. The number of hydrogen-bond acceptors (Lipinski definition) is 4. The Kier molecular flexibility index (Phi) is 5.33. The summed E-state index contributed by atoms with van der Waals surface area (Å²) in [6.45, 7) is -0.498. The van der Waals surface area contributed by atoms with Gasteiger partial charge in [-0.25, -0.2) is 30.9 Å². The van der Waals surface area contributed by atoms with Gasteiger partial charge in [0.1, 0.15) is 11.5 Å². The maximum atomic E-state index is 15.1. The largest absolute Gasteiger partial charge is 0.465 e. The molecule has 0 bridgehead atoms. The second-order valence-corrected chi connectivity index (χ2v) is 7.87. The van der Waals surface area contributed by atoms with E-state index in [1.54, 1.807) is 0 Å². The Hall–Kier alpha value is -3.34. The summed E-state index contributed by atoms with van der Waals surface area (Å²) in [5.41, 5.74) is -1.43. The summed E-state index contributed by atoms with van der Waals surface area (Å²) in [6.07, 6.45) is 0.570. The van der Waals surface area contributed by atoms with E-state index in [1.165, 1.54) is 6.07 Å². The number of nitrogens with zero attached hydrogens (tertiary/aromatic N) is 3. The molecular formula is C18H14F3N3O4S. The van der Waals surface area contributed by atoms with Gasteiger partial charge in [0.2, 0.25) is 5.95 Å². The van der Waals surface area contributed by atoms with Crippen molar-refractivity contribution in [3.63, 3.8) is 0 Å². The summed E-state index contributed by atoms with van der Waals surface area (Å²) < 4.78 is 69.5. The number of carbonyl (C=O) groups is 1. The Labute approximate surface area is 163 Å². The fourth-order valence-electron chi connectivity index (χ4n) is 2.68. The van der Waals surface area contributed by atoms with Gasteiger partial charge < -0.3 is 10.0 Å². The number of halogens is 3. The lowest BCUT2D eigenvalue weighted by molar-refractivity contribution is 0.153. The molecule has 0 fully saturated rings. The predicted molar refractivity (Wildman–Crippen MR) is 96.1 cm³/mol. The zero-order chi connectivity index (χ0) is 21.3. The first-order valence-electron chi connectivity index (χ1n) is 8.08. The summed E-state index contributed by atoms with van der Waals surface area (Å²) in [5.74, 6) is -3.10. The molecule has 0 unspecified atom stereocenters. The number of hydrogen-bond donors (Lipinski definition) is 1. The lowest BCUT2D eigenvalue weighted by atomic mass is 10.2. The van der Waals surface area contributed by atoms with E-state index in [0.717, 1.165) is 54.7 Å². The van der Waals surface area contributed by atoms with E-state index in [0.29, 0.717) is 3.97 Å². The van der Waals surface area contributed by atoms with Gasteiger partial charge in [0.25, 0.3) is 10.0 Å². The van der Waals surface area contributed by atoms with Gasteiger partial charge in [-0.15, -0.1) is 0 Å². The molecule has 1 aromatic carbocycles. The van der Waals surface area contributed by atoms with E-state index in [9.17, 15) is 22.0 Å². The van der Waals surface area contributed by atoms with Crippen molar-refractivity contribution in [1.29, 1.82) is 0 Å². The summed E-state index contributed by atoms with van der Waals surface area (Å²) in [6, 6.07) is 6.44. The highest BCUT2D eigenvalue weighted by Crippen LogP contribution is 2.32. The van der Waals surface area contributed by atoms with E-state index < -0.39 is 56.4 Å². The molecule has 0 spiro atoms. The van der Waals surface area contributed by atoms with E-state index in [1.807, 2.05) is 0 Å². The third-order valence-corrected chi connectivity index (χ3v) is 5.74. The standard InChI is InChI=1S/C18H14F3N3O4S/c1-23(18(25)26)9-11-10-24(29(27,28)13-5-2-4-12(19)8-13)16(15(11)20)14-6-3-7-22-17(14)21/h2-8,10H,9H2,1H3,(H,25,26). The summed E-state index contributed by atoms with van der Waals surface area (Å²) in [5, 5.41) is 9.01. The highest BCUT2D eigenvalue weighted by Gasteiger charge is 2.29. The van der Waals surface area contributed by atoms with Crippen molar-refractivity contribution in [3.8, 4) is 11.3 Å². The van der Waals surface area contributed by atoms with Gasteiger partial charge in [0.15, 0.2) is 5.82 Å². The van der Waals surface area contributed by atoms with Crippen LogP contribution in [0.4, 0.5) is 18.0 Å². The molecule has 0 saturated carbocycles. The molecule has 0 atom stereocenters. The van der Waals surface area contributed by atoms with Crippen LogP contribution in [0.3, 0.4) is 0 Å². The maximum Gasteiger partial charge on any atom is 0.407 e. The van der Waals surface area contributed by atoms with Crippen molar-refractivity contribution in [3.05, 3.63) is 71.9 Å². The van der Waals surface area contributed by atoms with Gasteiger partial charge in [0.05, 0.1) is 17.0 Å². The summed E-state index contributed by atoms with van der Waals surface area (Å²) in [4.78, 5) is 14.7. The second kappa shape index (κ2) is 7.59. The summed E-state index contributed by atoms with van der Waals surface area (Å²) >= 11 is 0. The Morgan fingerprint density at radius 3 is 2.55 bits per heavy atom. The molecule has 152 valence electrons. The smallest absolute Gasteiger partial charge is 0.407 e. The van der Waals surface area contributed by atoms with Crippen LogP contribution in [0.15, 0.2) is 53.7 Å².